The van der Waals surface area contributed by atoms with Gasteiger partial charge in [-0.1, -0.05) is 57.5 Å². The molecule has 0 aromatic heterocycles. The van der Waals surface area contributed by atoms with Gasteiger partial charge in [-0.25, -0.2) is 0 Å². The molecule has 1 aromatic rings. The molecular weight excluding hydrogens is 182 g/mol. The molecule has 0 amide bonds. The maximum Gasteiger partial charge on any atom is 0.0131 e. The van der Waals surface area contributed by atoms with E-state index in [1.54, 1.807) is 0 Å². The average molecular weight is 205 g/mol. The minimum absolute atomic E-state index is 0.241. The molecule has 0 spiro atoms. The van der Waals surface area contributed by atoms with Crippen molar-refractivity contribution in [2.75, 3.05) is 0 Å². The molecule has 84 valence electrons. The largest absolute Gasteiger partial charge is 0.327 e. The van der Waals surface area contributed by atoms with Gasteiger partial charge in [0.2, 0.25) is 0 Å². The summed E-state index contributed by atoms with van der Waals surface area (Å²) in [6.45, 7) is 6.76. The Kier molecular flexibility index (Phi) is 4.34. The molecule has 1 rings (SSSR count). The van der Waals surface area contributed by atoms with Crippen LogP contribution in [0.3, 0.4) is 0 Å². The fourth-order valence-corrected chi connectivity index (χ4v) is 1.97. The van der Waals surface area contributed by atoms with Crippen LogP contribution in [0.4, 0.5) is 0 Å². The molecule has 2 N–H and O–H groups in total. The van der Waals surface area contributed by atoms with Crippen LogP contribution < -0.4 is 5.73 Å². The van der Waals surface area contributed by atoms with Gasteiger partial charge in [-0.05, 0) is 23.8 Å². The Labute approximate surface area is 93.7 Å². The molecule has 0 heterocycles. The molecule has 0 bridgehead atoms. The molecular formula is C14H23N. The van der Waals surface area contributed by atoms with E-state index in [-0.39, 0.29) is 11.5 Å². The lowest BCUT2D eigenvalue weighted by Gasteiger charge is -2.31. The van der Waals surface area contributed by atoms with Gasteiger partial charge in [0, 0.05) is 6.04 Å². The summed E-state index contributed by atoms with van der Waals surface area (Å²) in [7, 11) is 0. The zero-order valence-electron chi connectivity index (χ0n) is 10.2. The van der Waals surface area contributed by atoms with Crippen molar-refractivity contribution in [1.82, 2.24) is 0 Å². The van der Waals surface area contributed by atoms with Crippen LogP contribution in [0.25, 0.3) is 0 Å². The van der Waals surface area contributed by atoms with Crippen LogP contribution in [-0.4, -0.2) is 6.04 Å². The smallest absolute Gasteiger partial charge is 0.0131 e. The highest BCUT2D eigenvalue weighted by molar-refractivity contribution is 5.16. The van der Waals surface area contributed by atoms with Crippen LogP contribution in [-0.2, 0) is 6.42 Å². The van der Waals surface area contributed by atoms with Gasteiger partial charge in [-0.2, -0.15) is 0 Å². The number of rotatable bonds is 5. The van der Waals surface area contributed by atoms with Gasteiger partial charge < -0.3 is 5.73 Å². The quantitative estimate of drug-likeness (QED) is 0.783. The lowest BCUT2D eigenvalue weighted by Crippen LogP contribution is -2.39. The summed E-state index contributed by atoms with van der Waals surface area (Å²) in [5.41, 5.74) is 7.85. The first kappa shape index (κ1) is 12.3. The van der Waals surface area contributed by atoms with Gasteiger partial charge in [-0.3, -0.25) is 0 Å². The van der Waals surface area contributed by atoms with Crippen molar-refractivity contribution < 1.29 is 0 Å². The van der Waals surface area contributed by atoms with Crippen molar-refractivity contribution in [2.24, 2.45) is 11.1 Å². The third kappa shape index (κ3) is 3.67. The Morgan fingerprint density at radius 3 is 2.33 bits per heavy atom. The van der Waals surface area contributed by atoms with E-state index in [4.69, 9.17) is 5.73 Å². The summed E-state index contributed by atoms with van der Waals surface area (Å²) in [5.74, 6) is 0. The van der Waals surface area contributed by atoms with E-state index >= 15 is 0 Å². The third-order valence-corrected chi connectivity index (χ3v) is 3.20. The Balaban J connectivity index is 2.59. The van der Waals surface area contributed by atoms with Crippen molar-refractivity contribution in [1.29, 1.82) is 0 Å². The van der Waals surface area contributed by atoms with Crippen LogP contribution >= 0.6 is 0 Å². The van der Waals surface area contributed by atoms with Crippen LogP contribution in [0.2, 0.25) is 0 Å². The van der Waals surface area contributed by atoms with Gasteiger partial charge in [0.05, 0.1) is 0 Å². The van der Waals surface area contributed by atoms with Gasteiger partial charge in [0.25, 0.3) is 0 Å². The molecule has 0 aliphatic heterocycles. The third-order valence-electron chi connectivity index (χ3n) is 3.20. The van der Waals surface area contributed by atoms with Crippen molar-refractivity contribution in [3.63, 3.8) is 0 Å². The molecule has 1 nitrogen and oxygen atoms in total. The van der Waals surface area contributed by atoms with E-state index in [9.17, 15) is 0 Å². The fraction of sp³-hybridized carbons (Fsp3) is 0.571. The highest BCUT2D eigenvalue weighted by Crippen LogP contribution is 2.27. The molecule has 15 heavy (non-hydrogen) atoms. The summed E-state index contributed by atoms with van der Waals surface area (Å²) >= 11 is 0. The van der Waals surface area contributed by atoms with Crippen LogP contribution in [0.5, 0.6) is 0 Å². The lowest BCUT2D eigenvalue weighted by molar-refractivity contribution is 0.258. The Morgan fingerprint density at radius 2 is 1.80 bits per heavy atom. The molecule has 0 aliphatic carbocycles. The lowest BCUT2D eigenvalue weighted by atomic mass is 9.78. The molecule has 0 saturated carbocycles. The number of benzene rings is 1. The molecule has 0 fully saturated rings. The minimum Gasteiger partial charge on any atom is -0.327 e. The predicted octanol–water partition coefficient (Wildman–Crippen LogP) is 3.38. The van der Waals surface area contributed by atoms with E-state index in [2.05, 4.69) is 45.0 Å². The summed E-state index contributed by atoms with van der Waals surface area (Å²) in [6.07, 6.45) is 3.38. The number of hydrogen-bond donors (Lipinski definition) is 1. The highest BCUT2D eigenvalue weighted by Gasteiger charge is 2.25. The zero-order chi connectivity index (χ0) is 11.3. The number of hydrogen-bond acceptors (Lipinski definition) is 1. The Hall–Kier alpha value is -0.820. The topological polar surface area (TPSA) is 26.0 Å². The van der Waals surface area contributed by atoms with E-state index in [1.165, 1.54) is 18.4 Å². The second-order valence-corrected chi connectivity index (χ2v) is 5.03. The summed E-state index contributed by atoms with van der Waals surface area (Å²) in [6, 6.07) is 10.8. The SMILES string of the molecule is CCCC(C)(C)C(N)Cc1ccccc1. The number of nitrogens with two attached hydrogens (primary N) is 1. The second-order valence-electron chi connectivity index (χ2n) is 5.03. The first-order valence-electron chi connectivity index (χ1n) is 5.86. The first-order valence-corrected chi connectivity index (χ1v) is 5.86. The van der Waals surface area contributed by atoms with E-state index in [1.807, 2.05) is 6.07 Å². The predicted molar refractivity (Wildman–Crippen MR) is 66.8 cm³/mol. The van der Waals surface area contributed by atoms with Crippen LogP contribution in [0.1, 0.15) is 39.2 Å². The molecule has 1 aromatic carbocycles. The second kappa shape index (κ2) is 5.32. The summed E-state index contributed by atoms with van der Waals surface area (Å²) in [4.78, 5) is 0. The van der Waals surface area contributed by atoms with Crippen molar-refractivity contribution in [3.05, 3.63) is 35.9 Å². The van der Waals surface area contributed by atoms with Crippen molar-refractivity contribution >= 4 is 0 Å². The van der Waals surface area contributed by atoms with E-state index in [0.717, 1.165) is 6.42 Å². The first-order chi connectivity index (χ1) is 7.06. The van der Waals surface area contributed by atoms with E-state index in [0.29, 0.717) is 0 Å². The van der Waals surface area contributed by atoms with Crippen LogP contribution in [0, 0.1) is 5.41 Å². The van der Waals surface area contributed by atoms with Crippen molar-refractivity contribution in [2.45, 2.75) is 46.1 Å². The van der Waals surface area contributed by atoms with Gasteiger partial charge in [0.1, 0.15) is 0 Å². The van der Waals surface area contributed by atoms with Gasteiger partial charge in [0.15, 0.2) is 0 Å². The van der Waals surface area contributed by atoms with E-state index < -0.39 is 0 Å². The standard InChI is InChI=1S/C14H23N/c1-4-10-14(2,3)13(15)11-12-8-6-5-7-9-12/h5-9,13H,4,10-11,15H2,1-3H3. The summed E-state index contributed by atoms with van der Waals surface area (Å²) < 4.78 is 0. The zero-order valence-corrected chi connectivity index (χ0v) is 10.2. The van der Waals surface area contributed by atoms with Crippen LogP contribution in [0.15, 0.2) is 30.3 Å². The summed E-state index contributed by atoms with van der Waals surface area (Å²) in [5, 5.41) is 0. The molecule has 0 saturated heterocycles. The maximum atomic E-state index is 6.27. The molecule has 0 aliphatic rings. The minimum atomic E-state index is 0.241. The molecule has 1 atom stereocenters. The maximum absolute atomic E-state index is 6.27. The van der Waals surface area contributed by atoms with Crippen molar-refractivity contribution in [3.8, 4) is 0 Å². The normalized spacial score (nSPS) is 13.9. The van der Waals surface area contributed by atoms with Gasteiger partial charge in [-0.15, -0.1) is 0 Å². The fourth-order valence-electron chi connectivity index (χ4n) is 1.97. The Bertz CT molecular complexity index is 277. The molecule has 0 radical (unpaired) electrons. The molecule has 1 unspecified atom stereocenters. The average Bonchev–Trinajstić information content (AvgIpc) is 2.19. The highest BCUT2D eigenvalue weighted by atomic mass is 14.7. The molecule has 1 heteroatoms. The Morgan fingerprint density at radius 1 is 1.20 bits per heavy atom. The monoisotopic (exact) mass is 205 g/mol. The van der Waals surface area contributed by atoms with Gasteiger partial charge >= 0.3 is 0 Å².